The summed E-state index contributed by atoms with van der Waals surface area (Å²) in [6.45, 7) is 1.44. The van der Waals surface area contributed by atoms with Gasteiger partial charge in [-0.05, 0) is 49.6 Å². The molecule has 2 amide bonds. The van der Waals surface area contributed by atoms with Gasteiger partial charge in [-0.25, -0.2) is 0 Å². The Bertz CT molecular complexity index is 591. The maximum atomic E-state index is 12.0. The molecule has 0 unspecified atom stereocenters. The van der Waals surface area contributed by atoms with Gasteiger partial charge < -0.3 is 20.5 Å². The smallest absolute Gasteiger partial charge is 0.406 e. The molecule has 0 aliphatic rings. The normalized spacial score (nSPS) is 13.7. The van der Waals surface area contributed by atoms with E-state index in [1.165, 1.54) is 12.1 Å². The van der Waals surface area contributed by atoms with Crippen LogP contribution < -0.4 is 15.4 Å². The van der Waals surface area contributed by atoms with Crippen molar-refractivity contribution in [3.05, 3.63) is 24.3 Å². The van der Waals surface area contributed by atoms with Gasteiger partial charge in [0.05, 0.1) is 5.60 Å². The Morgan fingerprint density at radius 1 is 1.20 bits per heavy atom. The van der Waals surface area contributed by atoms with Gasteiger partial charge in [0.15, 0.2) is 0 Å². The summed E-state index contributed by atoms with van der Waals surface area (Å²) in [6, 6.07) is 4.35. The fourth-order valence-corrected chi connectivity index (χ4v) is 2.33. The lowest BCUT2D eigenvalue weighted by Gasteiger charge is -2.23. The van der Waals surface area contributed by atoms with Crippen molar-refractivity contribution in [2.45, 2.75) is 25.3 Å². The fraction of sp³-hybridized carbons (Fsp3) is 0.467. The van der Waals surface area contributed by atoms with Gasteiger partial charge in [0, 0.05) is 12.2 Å². The van der Waals surface area contributed by atoms with Gasteiger partial charge in [0.1, 0.15) is 5.75 Å². The van der Waals surface area contributed by atoms with Crippen LogP contribution in [0.1, 0.15) is 13.3 Å². The van der Waals surface area contributed by atoms with Gasteiger partial charge in [0.2, 0.25) is 0 Å². The largest absolute Gasteiger partial charge is 0.573 e. The number of halogens is 3. The summed E-state index contributed by atoms with van der Waals surface area (Å²) in [4.78, 5) is 23.4. The van der Waals surface area contributed by atoms with Crippen LogP contribution in [0.3, 0.4) is 0 Å². The molecule has 0 radical (unpaired) electrons. The molecule has 6 nitrogen and oxygen atoms in total. The van der Waals surface area contributed by atoms with Gasteiger partial charge in [-0.15, -0.1) is 13.2 Å². The number of rotatable bonds is 7. The van der Waals surface area contributed by atoms with E-state index in [0.717, 1.165) is 12.1 Å². The number of carbonyl (C=O) groups is 2. The number of ether oxygens (including phenoxy) is 1. The zero-order valence-electron chi connectivity index (χ0n) is 13.6. The molecule has 0 aliphatic heterocycles. The predicted octanol–water partition coefficient (Wildman–Crippen LogP) is 2.14. The zero-order chi connectivity index (χ0) is 19.1. The third-order valence-corrected chi connectivity index (χ3v) is 3.64. The minimum Gasteiger partial charge on any atom is -0.406 e. The summed E-state index contributed by atoms with van der Waals surface area (Å²) in [5.41, 5.74) is -1.01. The molecule has 0 aliphatic carbocycles. The number of hydrogen-bond donors (Lipinski definition) is 3. The van der Waals surface area contributed by atoms with E-state index in [4.69, 9.17) is 0 Å². The Balaban J connectivity index is 2.51. The van der Waals surface area contributed by atoms with Gasteiger partial charge in [0.25, 0.3) is 0 Å². The number of alkyl halides is 3. The van der Waals surface area contributed by atoms with Crippen LogP contribution in [-0.4, -0.2) is 47.4 Å². The van der Waals surface area contributed by atoms with Crippen LogP contribution in [0.5, 0.6) is 5.75 Å². The predicted molar refractivity (Wildman–Crippen MR) is 88.4 cm³/mol. The molecule has 3 N–H and O–H groups in total. The molecule has 1 atom stereocenters. The van der Waals surface area contributed by atoms with Crippen LogP contribution in [0, 0.1) is 0 Å². The quantitative estimate of drug-likeness (QED) is 0.631. The molecule has 1 aromatic rings. The van der Waals surface area contributed by atoms with Crippen LogP contribution in [0.2, 0.25) is 0 Å². The van der Waals surface area contributed by atoms with Crippen LogP contribution in [0.4, 0.5) is 18.9 Å². The number of thioether (sulfide) groups is 1. The van der Waals surface area contributed by atoms with Crippen LogP contribution in [0.15, 0.2) is 24.3 Å². The second-order valence-corrected chi connectivity index (χ2v) is 6.43. The summed E-state index contributed by atoms with van der Waals surface area (Å²) >= 11 is 1.54. The minimum atomic E-state index is -4.81. The Labute approximate surface area is 147 Å². The average molecular weight is 380 g/mol. The maximum absolute atomic E-state index is 12.0. The van der Waals surface area contributed by atoms with E-state index < -0.39 is 29.5 Å². The molecule has 25 heavy (non-hydrogen) atoms. The molecule has 10 heteroatoms. The Hall–Kier alpha value is -1.94. The number of benzene rings is 1. The van der Waals surface area contributed by atoms with E-state index in [1.54, 1.807) is 18.7 Å². The molecular formula is C15H19F3N2O4S. The fourth-order valence-electron chi connectivity index (χ4n) is 1.69. The highest BCUT2D eigenvalue weighted by Gasteiger charge is 2.31. The molecule has 0 heterocycles. The first-order chi connectivity index (χ1) is 11.5. The molecule has 1 rings (SSSR count). The first kappa shape index (κ1) is 21.1. The van der Waals surface area contributed by atoms with E-state index in [9.17, 15) is 27.9 Å². The highest BCUT2D eigenvalue weighted by atomic mass is 32.2. The van der Waals surface area contributed by atoms with Gasteiger partial charge in [-0.2, -0.15) is 11.8 Å². The molecular weight excluding hydrogens is 361 g/mol. The monoisotopic (exact) mass is 380 g/mol. The number of nitrogens with one attached hydrogen (secondary N) is 2. The van der Waals surface area contributed by atoms with Crippen molar-refractivity contribution >= 4 is 29.3 Å². The lowest BCUT2D eigenvalue weighted by Crippen LogP contribution is -2.44. The van der Waals surface area contributed by atoms with Gasteiger partial charge in [-0.1, -0.05) is 0 Å². The van der Waals surface area contributed by atoms with E-state index in [2.05, 4.69) is 15.4 Å². The van der Waals surface area contributed by atoms with Crippen molar-refractivity contribution in [1.82, 2.24) is 5.32 Å². The molecule has 0 fully saturated rings. The summed E-state index contributed by atoms with van der Waals surface area (Å²) in [5, 5.41) is 14.6. The van der Waals surface area contributed by atoms with E-state index >= 15 is 0 Å². The van der Waals surface area contributed by atoms with E-state index in [-0.39, 0.29) is 12.2 Å². The standard InChI is InChI=1S/C15H19F3N2O4S/c1-14(23,7-8-25-2)9-19-12(21)13(22)20-10-3-5-11(6-4-10)24-15(16,17)18/h3-6,23H,7-9H2,1-2H3,(H,19,21)(H,20,22)/t14-/m0/s1. The van der Waals surface area contributed by atoms with Crippen LogP contribution in [-0.2, 0) is 9.59 Å². The van der Waals surface area contributed by atoms with Crippen molar-refractivity contribution in [2.24, 2.45) is 0 Å². The zero-order valence-corrected chi connectivity index (χ0v) is 14.5. The highest BCUT2D eigenvalue weighted by molar-refractivity contribution is 7.98. The second kappa shape index (κ2) is 8.95. The number of anilines is 1. The number of hydrogen-bond acceptors (Lipinski definition) is 5. The number of amides is 2. The lowest BCUT2D eigenvalue weighted by molar-refractivity contribution is -0.274. The van der Waals surface area contributed by atoms with Crippen molar-refractivity contribution in [1.29, 1.82) is 0 Å². The number of aliphatic hydroxyl groups is 1. The third kappa shape index (κ3) is 8.64. The maximum Gasteiger partial charge on any atom is 0.573 e. The SMILES string of the molecule is CSCC[C@](C)(O)CNC(=O)C(=O)Nc1ccc(OC(F)(F)F)cc1. The highest BCUT2D eigenvalue weighted by Crippen LogP contribution is 2.23. The Morgan fingerprint density at radius 2 is 1.80 bits per heavy atom. The van der Waals surface area contributed by atoms with Gasteiger partial charge in [-0.3, -0.25) is 9.59 Å². The molecule has 0 bridgehead atoms. The minimum absolute atomic E-state index is 0.0990. The molecule has 0 saturated heterocycles. The summed E-state index contributed by atoms with van der Waals surface area (Å²) in [5.74, 6) is -1.70. The van der Waals surface area contributed by atoms with E-state index in [0.29, 0.717) is 12.2 Å². The first-order valence-electron chi connectivity index (χ1n) is 7.19. The topological polar surface area (TPSA) is 87.7 Å². The van der Waals surface area contributed by atoms with Crippen molar-refractivity contribution in [3.63, 3.8) is 0 Å². The van der Waals surface area contributed by atoms with Crippen LogP contribution >= 0.6 is 11.8 Å². The third-order valence-electron chi connectivity index (χ3n) is 3.03. The summed E-state index contributed by atoms with van der Waals surface area (Å²) in [6.07, 6.45) is -2.48. The van der Waals surface area contributed by atoms with E-state index in [1.807, 2.05) is 6.26 Å². The Morgan fingerprint density at radius 3 is 2.32 bits per heavy atom. The molecule has 140 valence electrons. The van der Waals surface area contributed by atoms with Crippen molar-refractivity contribution < 1.29 is 32.6 Å². The van der Waals surface area contributed by atoms with Crippen molar-refractivity contribution in [2.75, 3.05) is 23.9 Å². The van der Waals surface area contributed by atoms with Gasteiger partial charge >= 0.3 is 18.2 Å². The lowest BCUT2D eigenvalue weighted by atomic mass is 10.0. The Kier molecular flexibility index (Phi) is 7.56. The first-order valence-corrected chi connectivity index (χ1v) is 8.58. The summed E-state index contributed by atoms with van der Waals surface area (Å²) < 4.78 is 39.8. The van der Waals surface area contributed by atoms with Crippen LogP contribution in [0.25, 0.3) is 0 Å². The van der Waals surface area contributed by atoms with Crippen molar-refractivity contribution in [3.8, 4) is 5.75 Å². The second-order valence-electron chi connectivity index (χ2n) is 5.45. The number of carbonyl (C=O) groups excluding carboxylic acids is 2. The molecule has 0 saturated carbocycles. The molecule has 0 aromatic heterocycles. The average Bonchev–Trinajstić information content (AvgIpc) is 2.51. The summed E-state index contributed by atoms with van der Waals surface area (Å²) in [7, 11) is 0. The molecule has 1 aromatic carbocycles. The molecule has 0 spiro atoms.